The molecular weight excluding hydrogens is 420 g/mol. The molecular formula is C24H28N6OS. The minimum atomic E-state index is 0.192. The number of rotatable bonds is 4. The van der Waals surface area contributed by atoms with Crippen LogP contribution < -0.4 is 5.56 Å². The molecule has 0 bridgehead atoms. The molecule has 6 heterocycles. The number of aromatic nitrogens is 4. The second-order valence-electron chi connectivity index (χ2n) is 9.55. The molecule has 0 atom stereocenters. The van der Waals surface area contributed by atoms with Crippen molar-refractivity contribution in [3.63, 3.8) is 0 Å². The molecule has 0 amide bonds. The van der Waals surface area contributed by atoms with Crippen LogP contribution in [0.5, 0.6) is 0 Å². The third-order valence-electron chi connectivity index (χ3n) is 7.39. The maximum absolute atomic E-state index is 13.5. The van der Waals surface area contributed by atoms with Crippen molar-refractivity contribution >= 4 is 11.3 Å². The van der Waals surface area contributed by atoms with Crippen LogP contribution in [0.25, 0.3) is 0 Å². The van der Waals surface area contributed by atoms with Crippen LogP contribution in [0.15, 0.2) is 40.9 Å². The number of hydrogen-bond acceptors (Lipinski definition) is 7. The first kappa shape index (κ1) is 20.2. The van der Waals surface area contributed by atoms with Crippen molar-refractivity contribution in [2.24, 2.45) is 5.41 Å². The van der Waals surface area contributed by atoms with Crippen LogP contribution in [-0.4, -0.2) is 49.0 Å². The van der Waals surface area contributed by atoms with Crippen LogP contribution in [0, 0.1) is 5.41 Å². The molecule has 7 nitrogen and oxygen atoms in total. The predicted octanol–water partition coefficient (Wildman–Crippen LogP) is 2.49. The minimum absolute atomic E-state index is 0.192. The first-order chi connectivity index (χ1) is 15.7. The van der Waals surface area contributed by atoms with Crippen molar-refractivity contribution in [2.75, 3.05) is 19.6 Å². The van der Waals surface area contributed by atoms with Crippen LogP contribution in [0.3, 0.4) is 0 Å². The van der Waals surface area contributed by atoms with Gasteiger partial charge in [0.05, 0.1) is 17.8 Å². The molecule has 0 aromatic carbocycles. The van der Waals surface area contributed by atoms with E-state index in [0.29, 0.717) is 6.54 Å². The van der Waals surface area contributed by atoms with E-state index in [1.165, 1.54) is 10.6 Å². The monoisotopic (exact) mass is 448 g/mol. The molecule has 1 saturated heterocycles. The Labute approximate surface area is 191 Å². The Morgan fingerprint density at radius 2 is 2.00 bits per heavy atom. The minimum Gasteiger partial charge on any atom is -0.297 e. The topological polar surface area (TPSA) is 67.2 Å². The lowest BCUT2D eigenvalue weighted by molar-refractivity contribution is 0.0977. The van der Waals surface area contributed by atoms with Crippen molar-refractivity contribution in [3.05, 3.63) is 74.1 Å². The molecule has 0 saturated carbocycles. The first-order valence-corrected chi connectivity index (χ1v) is 12.4. The summed E-state index contributed by atoms with van der Waals surface area (Å²) in [5.41, 5.74) is 3.51. The van der Waals surface area contributed by atoms with Crippen molar-refractivity contribution in [1.82, 2.24) is 29.3 Å². The third kappa shape index (κ3) is 3.80. The fourth-order valence-corrected chi connectivity index (χ4v) is 6.23. The van der Waals surface area contributed by atoms with Crippen molar-refractivity contribution in [2.45, 2.75) is 51.9 Å². The van der Waals surface area contributed by atoms with Crippen molar-refractivity contribution < 1.29 is 0 Å². The second-order valence-corrected chi connectivity index (χ2v) is 10.5. The van der Waals surface area contributed by atoms with Gasteiger partial charge in [-0.25, -0.2) is 9.97 Å². The Morgan fingerprint density at radius 1 is 1.09 bits per heavy atom. The highest BCUT2D eigenvalue weighted by atomic mass is 32.1. The summed E-state index contributed by atoms with van der Waals surface area (Å²) in [6, 6.07) is 4.07. The van der Waals surface area contributed by atoms with Gasteiger partial charge in [-0.15, -0.1) is 11.3 Å². The Kier molecular flexibility index (Phi) is 5.16. The average molecular weight is 449 g/mol. The standard InChI is InChI=1S/C24H28N6OS/c31-23-19-15-29(14-18-2-1-6-25-13-18)8-3-20(19)27-21-12-24(17-30(21)23)4-9-28(10-5-24)16-22-26-7-11-32-22/h1-2,6-7,11,13H,3-5,8-10,12,14-17H2. The van der Waals surface area contributed by atoms with Crippen LogP contribution >= 0.6 is 11.3 Å². The molecule has 3 aromatic rings. The van der Waals surface area contributed by atoms with E-state index in [1.54, 1.807) is 17.5 Å². The van der Waals surface area contributed by atoms with Gasteiger partial charge in [-0.2, -0.15) is 0 Å². The largest absolute Gasteiger partial charge is 0.297 e. The van der Waals surface area contributed by atoms with Crippen molar-refractivity contribution in [3.8, 4) is 0 Å². The molecule has 166 valence electrons. The highest BCUT2D eigenvalue weighted by Crippen LogP contribution is 2.41. The van der Waals surface area contributed by atoms with E-state index in [-0.39, 0.29) is 11.0 Å². The second kappa shape index (κ2) is 8.17. The molecule has 0 unspecified atom stereocenters. The van der Waals surface area contributed by atoms with Gasteiger partial charge in [-0.05, 0) is 43.0 Å². The van der Waals surface area contributed by atoms with Gasteiger partial charge in [0, 0.05) is 63.0 Å². The first-order valence-electron chi connectivity index (χ1n) is 11.5. The number of pyridine rings is 1. The molecule has 3 aliphatic rings. The van der Waals surface area contributed by atoms with Gasteiger partial charge in [0.25, 0.3) is 5.56 Å². The normalized spacial score (nSPS) is 20.4. The summed E-state index contributed by atoms with van der Waals surface area (Å²) in [4.78, 5) is 32.0. The van der Waals surface area contributed by atoms with Gasteiger partial charge in [0.2, 0.25) is 0 Å². The van der Waals surface area contributed by atoms with Crippen molar-refractivity contribution in [1.29, 1.82) is 0 Å². The number of hydrogen-bond donors (Lipinski definition) is 0. The SMILES string of the molecule is O=c1c2c(nc3n1CC1(CCN(Cc4nccs4)CC1)C3)CCN(Cc1cccnc1)C2. The van der Waals surface area contributed by atoms with Gasteiger partial charge in [0.15, 0.2) is 0 Å². The van der Waals surface area contributed by atoms with Crippen LogP contribution in [0.2, 0.25) is 0 Å². The van der Waals surface area contributed by atoms with E-state index >= 15 is 0 Å². The Morgan fingerprint density at radius 3 is 2.78 bits per heavy atom. The molecule has 3 aliphatic heterocycles. The molecule has 0 N–H and O–H groups in total. The highest BCUT2D eigenvalue weighted by Gasteiger charge is 2.42. The number of thiazole rings is 1. The van der Waals surface area contributed by atoms with E-state index in [4.69, 9.17) is 4.98 Å². The fourth-order valence-electron chi connectivity index (χ4n) is 5.57. The average Bonchev–Trinajstić information content (AvgIpc) is 3.45. The summed E-state index contributed by atoms with van der Waals surface area (Å²) in [6.07, 6.45) is 9.64. The number of nitrogens with zero attached hydrogens (tertiary/aromatic N) is 6. The zero-order valence-corrected chi connectivity index (χ0v) is 19.1. The van der Waals surface area contributed by atoms with Gasteiger partial charge in [-0.3, -0.25) is 24.1 Å². The predicted molar refractivity (Wildman–Crippen MR) is 123 cm³/mol. The summed E-state index contributed by atoms with van der Waals surface area (Å²) in [7, 11) is 0. The van der Waals surface area contributed by atoms with E-state index < -0.39 is 0 Å². The fraction of sp³-hybridized carbons (Fsp3) is 0.500. The Hall–Kier alpha value is -2.42. The Bertz CT molecular complexity index is 1150. The zero-order valence-electron chi connectivity index (χ0n) is 18.2. The molecule has 1 spiro atoms. The molecule has 6 rings (SSSR count). The van der Waals surface area contributed by atoms with E-state index in [2.05, 4.69) is 25.8 Å². The lowest BCUT2D eigenvalue weighted by Gasteiger charge is -2.38. The summed E-state index contributed by atoms with van der Waals surface area (Å²) >= 11 is 1.73. The summed E-state index contributed by atoms with van der Waals surface area (Å²) in [5, 5.41) is 3.24. The smallest absolute Gasteiger partial charge is 0.258 e. The maximum Gasteiger partial charge on any atom is 0.258 e. The third-order valence-corrected chi connectivity index (χ3v) is 8.15. The zero-order chi connectivity index (χ0) is 21.5. The molecule has 0 aliphatic carbocycles. The molecule has 32 heavy (non-hydrogen) atoms. The number of fused-ring (bicyclic) bond motifs is 2. The maximum atomic E-state index is 13.5. The summed E-state index contributed by atoms with van der Waals surface area (Å²) in [5.74, 6) is 1.02. The lowest BCUT2D eigenvalue weighted by atomic mass is 9.77. The van der Waals surface area contributed by atoms with Crippen LogP contribution in [0.4, 0.5) is 0 Å². The molecule has 8 heteroatoms. The quantitative estimate of drug-likeness (QED) is 0.611. The molecule has 0 radical (unpaired) electrons. The van der Waals surface area contributed by atoms with E-state index in [9.17, 15) is 4.79 Å². The van der Waals surface area contributed by atoms with Gasteiger partial charge in [-0.1, -0.05) is 6.07 Å². The summed E-state index contributed by atoms with van der Waals surface area (Å²) < 4.78 is 2.00. The lowest BCUT2D eigenvalue weighted by Crippen LogP contribution is -2.41. The van der Waals surface area contributed by atoms with Crippen LogP contribution in [-0.2, 0) is 39.0 Å². The van der Waals surface area contributed by atoms with Gasteiger partial charge >= 0.3 is 0 Å². The molecule has 3 aromatic heterocycles. The molecule has 1 fully saturated rings. The van der Waals surface area contributed by atoms with Gasteiger partial charge in [0.1, 0.15) is 10.8 Å². The van der Waals surface area contributed by atoms with Crippen LogP contribution in [0.1, 0.15) is 40.5 Å². The highest BCUT2D eigenvalue weighted by molar-refractivity contribution is 7.09. The number of piperidine rings is 1. The Balaban J connectivity index is 1.16. The summed E-state index contributed by atoms with van der Waals surface area (Å²) in [6.45, 7) is 6.36. The van der Waals surface area contributed by atoms with E-state index in [0.717, 1.165) is 82.0 Å². The number of likely N-dealkylation sites (tertiary alicyclic amines) is 1. The van der Waals surface area contributed by atoms with E-state index in [1.807, 2.05) is 28.4 Å². The van der Waals surface area contributed by atoms with Gasteiger partial charge < -0.3 is 0 Å².